The van der Waals surface area contributed by atoms with E-state index in [4.69, 9.17) is 10.5 Å². The molecule has 1 saturated heterocycles. The Hall–Kier alpha value is -2.35. The number of anilines is 1. The van der Waals surface area contributed by atoms with Crippen molar-refractivity contribution >= 4 is 11.7 Å². The second-order valence-corrected chi connectivity index (χ2v) is 7.19. The molecule has 2 aromatic heterocycles. The predicted molar refractivity (Wildman–Crippen MR) is 96.7 cm³/mol. The number of nitrogens with two attached hydrogens (primary N) is 1. The lowest BCUT2D eigenvalue weighted by atomic mass is 10.2. The van der Waals surface area contributed by atoms with Gasteiger partial charge in [-0.1, -0.05) is 6.42 Å². The summed E-state index contributed by atoms with van der Waals surface area (Å²) in [4.78, 5) is 19.7. The number of aryl methyl sites for hydroxylation is 1. The van der Waals surface area contributed by atoms with E-state index in [2.05, 4.69) is 14.6 Å². The third kappa shape index (κ3) is 3.21. The van der Waals surface area contributed by atoms with Crippen LogP contribution in [0.4, 0.5) is 5.82 Å². The molecule has 2 N–H and O–H groups in total. The Kier molecular flexibility index (Phi) is 4.67. The maximum Gasteiger partial charge on any atom is 0.272 e. The van der Waals surface area contributed by atoms with E-state index in [1.54, 1.807) is 24.1 Å². The van der Waals surface area contributed by atoms with Gasteiger partial charge in [0.2, 0.25) is 0 Å². The molecular weight excluding hydrogens is 332 g/mol. The molecule has 0 saturated carbocycles. The number of hydrogen-bond donors (Lipinski definition) is 1. The molecule has 2 aliphatic heterocycles. The molecule has 1 fully saturated rings. The summed E-state index contributed by atoms with van der Waals surface area (Å²) in [6.45, 7) is 2.08. The Balaban J connectivity index is 1.57. The molecule has 2 aliphatic rings. The third-order valence-corrected chi connectivity index (χ3v) is 5.47. The van der Waals surface area contributed by atoms with Gasteiger partial charge in [-0.3, -0.25) is 9.48 Å². The van der Waals surface area contributed by atoms with Crippen molar-refractivity contribution in [3.8, 4) is 0 Å². The Bertz CT molecular complexity index is 782. The molecule has 26 heavy (non-hydrogen) atoms. The van der Waals surface area contributed by atoms with E-state index in [0.29, 0.717) is 24.6 Å². The van der Waals surface area contributed by atoms with Crippen LogP contribution in [0.2, 0.25) is 0 Å². The van der Waals surface area contributed by atoms with Crippen LogP contribution in [-0.2, 0) is 24.2 Å². The number of fused-ring (bicyclic) bond motifs is 1. The van der Waals surface area contributed by atoms with E-state index in [9.17, 15) is 4.79 Å². The van der Waals surface area contributed by atoms with Crippen molar-refractivity contribution in [3.63, 3.8) is 0 Å². The standard InChI is InChI=1S/C18H26N6O2/c1-26-14-9-13(11-22-8-6-16(19)21-22)24(12-14)18(25)15-10-20-17-5-3-2-4-7-23(15)17/h6,8,10,13-14H,2-5,7,9,11-12H2,1H3,(H2,19,21)/t13-,14+/m0/s1. The van der Waals surface area contributed by atoms with Crippen LogP contribution in [0.25, 0.3) is 0 Å². The molecule has 2 atom stereocenters. The maximum absolute atomic E-state index is 13.3. The fourth-order valence-electron chi connectivity index (χ4n) is 4.07. The second-order valence-electron chi connectivity index (χ2n) is 7.19. The van der Waals surface area contributed by atoms with Crippen LogP contribution in [0, 0.1) is 0 Å². The van der Waals surface area contributed by atoms with Gasteiger partial charge in [-0.2, -0.15) is 5.10 Å². The number of nitrogens with zero attached hydrogens (tertiary/aromatic N) is 5. The molecule has 4 rings (SSSR count). The topological polar surface area (TPSA) is 91.2 Å². The highest BCUT2D eigenvalue weighted by Crippen LogP contribution is 2.25. The first-order valence-corrected chi connectivity index (χ1v) is 9.33. The zero-order chi connectivity index (χ0) is 18.1. The van der Waals surface area contributed by atoms with Gasteiger partial charge in [0.1, 0.15) is 17.3 Å². The summed E-state index contributed by atoms with van der Waals surface area (Å²) in [5.41, 5.74) is 6.42. The van der Waals surface area contributed by atoms with E-state index < -0.39 is 0 Å². The molecular formula is C18H26N6O2. The molecule has 0 aromatic carbocycles. The highest BCUT2D eigenvalue weighted by Gasteiger charge is 2.37. The number of carbonyl (C=O) groups excluding carboxylic acids is 1. The van der Waals surface area contributed by atoms with Crippen LogP contribution in [0.1, 0.15) is 42.0 Å². The van der Waals surface area contributed by atoms with Crippen LogP contribution in [-0.4, -0.2) is 55.9 Å². The molecule has 8 nitrogen and oxygen atoms in total. The van der Waals surface area contributed by atoms with Gasteiger partial charge in [0.05, 0.1) is 24.9 Å². The van der Waals surface area contributed by atoms with Crippen molar-refractivity contribution in [3.05, 3.63) is 30.0 Å². The minimum Gasteiger partial charge on any atom is -0.382 e. The van der Waals surface area contributed by atoms with Crippen molar-refractivity contribution in [1.82, 2.24) is 24.2 Å². The molecule has 4 heterocycles. The van der Waals surface area contributed by atoms with Crippen molar-refractivity contribution in [2.45, 2.75) is 57.3 Å². The fourth-order valence-corrected chi connectivity index (χ4v) is 4.07. The van der Waals surface area contributed by atoms with Gasteiger partial charge in [0.15, 0.2) is 0 Å². The third-order valence-electron chi connectivity index (χ3n) is 5.47. The zero-order valence-electron chi connectivity index (χ0n) is 15.2. The van der Waals surface area contributed by atoms with Gasteiger partial charge >= 0.3 is 0 Å². The van der Waals surface area contributed by atoms with Gasteiger partial charge < -0.3 is 19.9 Å². The predicted octanol–water partition coefficient (Wildman–Crippen LogP) is 1.32. The number of nitrogen functional groups attached to an aromatic ring is 1. The van der Waals surface area contributed by atoms with Crippen molar-refractivity contribution in [2.24, 2.45) is 0 Å². The highest BCUT2D eigenvalue weighted by molar-refractivity contribution is 5.93. The Morgan fingerprint density at radius 3 is 3.04 bits per heavy atom. The van der Waals surface area contributed by atoms with Gasteiger partial charge in [-0.25, -0.2) is 4.98 Å². The molecule has 0 radical (unpaired) electrons. The Labute approximate surface area is 152 Å². The Morgan fingerprint density at radius 1 is 1.38 bits per heavy atom. The smallest absolute Gasteiger partial charge is 0.272 e. The average Bonchev–Trinajstić information content (AvgIpc) is 3.30. The first-order chi connectivity index (χ1) is 12.7. The molecule has 2 aromatic rings. The van der Waals surface area contributed by atoms with Gasteiger partial charge in [-0.05, 0) is 25.3 Å². The van der Waals surface area contributed by atoms with Crippen LogP contribution in [0.3, 0.4) is 0 Å². The monoisotopic (exact) mass is 358 g/mol. The number of methoxy groups -OCH3 is 1. The van der Waals surface area contributed by atoms with E-state index in [1.165, 1.54) is 6.42 Å². The number of likely N-dealkylation sites (tertiary alicyclic amines) is 1. The minimum absolute atomic E-state index is 0.0312. The average molecular weight is 358 g/mol. The SMILES string of the molecule is CO[C@@H]1C[C@@H](Cn2ccc(N)n2)N(C(=O)c2cnc3n2CCCCC3)C1. The largest absolute Gasteiger partial charge is 0.382 e. The van der Waals surface area contributed by atoms with Crippen LogP contribution in [0.5, 0.6) is 0 Å². The van der Waals surface area contributed by atoms with Crippen LogP contribution in [0.15, 0.2) is 18.5 Å². The first kappa shape index (κ1) is 17.1. The molecule has 0 bridgehead atoms. The number of imidazole rings is 1. The van der Waals surface area contributed by atoms with E-state index in [1.807, 2.05) is 11.1 Å². The normalized spacial score (nSPS) is 23.0. The number of aromatic nitrogens is 4. The van der Waals surface area contributed by atoms with Crippen molar-refractivity contribution in [1.29, 1.82) is 0 Å². The molecule has 0 spiro atoms. The number of ether oxygens (including phenoxy) is 1. The summed E-state index contributed by atoms with van der Waals surface area (Å²) in [5, 5.41) is 4.26. The number of carbonyl (C=O) groups is 1. The lowest BCUT2D eigenvalue weighted by Gasteiger charge is -2.25. The quantitative estimate of drug-likeness (QED) is 0.890. The number of rotatable bonds is 4. The molecule has 0 unspecified atom stereocenters. The minimum atomic E-state index is 0.0312. The van der Waals surface area contributed by atoms with Crippen LogP contribution >= 0.6 is 0 Å². The van der Waals surface area contributed by atoms with Gasteiger partial charge in [0.25, 0.3) is 5.91 Å². The van der Waals surface area contributed by atoms with Crippen molar-refractivity contribution < 1.29 is 9.53 Å². The fraction of sp³-hybridized carbons (Fsp3) is 0.611. The van der Waals surface area contributed by atoms with E-state index in [0.717, 1.165) is 38.1 Å². The number of amides is 1. The van der Waals surface area contributed by atoms with Gasteiger partial charge in [-0.15, -0.1) is 0 Å². The maximum atomic E-state index is 13.3. The summed E-state index contributed by atoms with van der Waals surface area (Å²) in [5.74, 6) is 1.56. The summed E-state index contributed by atoms with van der Waals surface area (Å²) >= 11 is 0. The lowest BCUT2D eigenvalue weighted by molar-refractivity contribution is 0.0668. The molecule has 8 heteroatoms. The highest BCUT2D eigenvalue weighted by atomic mass is 16.5. The molecule has 0 aliphatic carbocycles. The number of hydrogen-bond acceptors (Lipinski definition) is 5. The lowest BCUT2D eigenvalue weighted by Crippen LogP contribution is -2.39. The molecule has 1 amide bonds. The second kappa shape index (κ2) is 7.11. The first-order valence-electron chi connectivity index (χ1n) is 9.33. The summed E-state index contributed by atoms with van der Waals surface area (Å²) < 4.78 is 9.45. The van der Waals surface area contributed by atoms with E-state index >= 15 is 0 Å². The summed E-state index contributed by atoms with van der Waals surface area (Å²) in [7, 11) is 1.70. The van der Waals surface area contributed by atoms with Gasteiger partial charge in [0, 0.05) is 32.8 Å². The van der Waals surface area contributed by atoms with E-state index in [-0.39, 0.29) is 18.1 Å². The van der Waals surface area contributed by atoms with Crippen LogP contribution < -0.4 is 5.73 Å². The zero-order valence-corrected chi connectivity index (χ0v) is 15.2. The Morgan fingerprint density at radius 2 is 2.27 bits per heavy atom. The summed E-state index contributed by atoms with van der Waals surface area (Å²) in [6, 6.07) is 1.80. The molecule has 140 valence electrons. The van der Waals surface area contributed by atoms with Crippen molar-refractivity contribution in [2.75, 3.05) is 19.4 Å². The summed E-state index contributed by atoms with van der Waals surface area (Å²) in [6.07, 6.45) is 8.81.